The third-order valence-corrected chi connectivity index (χ3v) is 4.34. The molecule has 0 spiro atoms. The summed E-state index contributed by atoms with van der Waals surface area (Å²) in [5.41, 5.74) is 7.49. The Morgan fingerprint density at radius 3 is 2.83 bits per heavy atom. The molecule has 6 nitrogen and oxygen atoms in total. The summed E-state index contributed by atoms with van der Waals surface area (Å²) in [6, 6.07) is 9.34. The van der Waals surface area contributed by atoms with Crippen molar-refractivity contribution in [3.63, 3.8) is 0 Å². The van der Waals surface area contributed by atoms with Gasteiger partial charge in [0.25, 0.3) is 0 Å². The molecule has 3 aromatic rings. The summed E-state index contributed by atoms with van der Waals surface area (Å²) in [7, 11) is 0. The smallest absolute Gasteiger partial charge is 0.222 e. The maximum absolute atomic E-state index is 5.88. The fraction of sp³-hybridized carbons (Fsp3) is 0.133. The van der Waals surface area contributed by atoms with E-state index >= 15 is 0 Å². The van der Waals surface area contributed by atoms with E-state index in [2.05, 4.69) is 21.9 Å². The van der Waals surface area contributed by atoms with Gasteiger partial charge in [-0.15, -0.1) is 16.8 Å². The van der Waals surface area contributed by atoms with Crippen molar-refractivity contribution < 1.29 is 4.52 Å². The number of allylic oxidation sites excluding steroid dienone is 1. The molecule has 0 aliphatic rings. The zero-order chi connectivity index (χ0) is 16.2. The van der Waals surface area contributed by atoms with Gasteiger partial charge in [0, 0.05) is 23.2 Å². The standard InChI is InChI=1S/C15H14ClN5OS/c1-2-7-21-14(17)18-19-15(21)23-9-12-8-13(20-22-12)10-3-5-11(16)6-4-10/h2-6,8H,1,7,9H2,(H2,17,18). The van der Waals surface area contributed by atoms with E-state index in [-0.39, 0.29) is 0 Å². The highest BCUT2D eigenvalue weighted by molar-refractivity contribution is 7.98. The Labute approximate surface area is 142 Å². The summed E-state index contributed by atoms with van der Waals surface area (Å²) in [6.45, 7) is 4.26. The van der Waals surface area contributed by atoms with E-state index in [0.29, 0.717) is 28.4 Å². The summed E-state index contributed by atoms with van der Waals surface area (Å²) in [6.07, 6.45) is 1.75. The lowest BCUT2D eigenvalue weighted by Crippen LogP contribution is -2.02. The molecule has 0 fully saturated rings. The molecule has 0 saturated heterocycles. The number of thioether (sulfide) groups is 1. The number of hydrogen-bond acceptors (Lipinski definition) is 6. The van der Waals surface area contributed by atoms with Gasteiger partial charge in [-0.2, -0.15) is 0 Å². The fourth-order valence-electron chi connectivity index (χ4n) is 1.98. The topological polar surface area (TPSA) is 82.8 Å². The second-order valence-electron chi connectivity index (χ2n) is 4.71. The van der Waals surface area contributed by atoms with Gasteiger partial charge in [0.05, 0.1) is 5.75 Å². The monoisotopic (exact) mass is 347 g/mol. The van der Waals surface area contributed by atoms with Crippen molar-refractivity contribution in [2.75, 3.05) is 5.73 Å². The van der Waals surface area contributed by atoms with Crippen LogP contribution in [-0.2, 0) is 12.3 Å². The van der Waals surface area contributed by atoms with Crippen LogP contribution in [-0.4, -0.2) is 19.9 Å². The Morgan fingerprint density at radius 1 is 1.30 bits per heavy atom. The van der Waals surface area contributed by atoms with Crippen LogP contribution in [0.1, 0.15) is 5.76 Å². The summed E-state index contributed by atoms with van der Waals surface area (Å²) in [4.78, 5) is 0. The van der Waals surface area contributed by atoms with E-state index < -0.39 is 0 Å². The third kappa shape index (κ3) is 3.57. The number of hydrogen-bond donors (Lipinski definition) is 1. The molecule has 0 aliphatic carbocycles. The Hall–Kier alpha value is -2.25. The molecule has 2 aromatic heterocycles. The second-order valence-corrected chi connectivity index (χ2v) is 6.09. The van der Waals surface area contributed by atoms with Crippen LogP contribution in [0, 0.1) is 0 Å². The highest BCUT2D eigenvalue weighted by atomic mass is 35.5. The Morgan fingerprint density at radius 2 is 2.09 bits per heavy atom. The van der Waals surface area contributed by atoms with Crippen LogP contribution in [0.25, 0.3) is 11.3 Å². The lowest BCUT2D eigenvalue weighted by Gasteiger charge is -2.03. The van der Waals surface area contributed by atoms with Crippen molar-refractivity contribution in [1.82, 2.24) is 19.9 Å². The van der Waals surface area contributed by atoms with Crippen molar-refractivity contribution in [2.24, 2.45) is 0 Å². The Kier molecular flexibility index (Phi) is 4.68. The summed E-state index contributed by atoms with van der Waals surface area (Å²) in [5.74, 6) is 1.69. The molecular weight excluding hydrogens is 334 g/mol. The first-order chi connectivity index (χ1) is 11.2. The zero-order valence-corrected chi connectivity index (χ0v) is 13.7. The molecule has 8 heteroatoms. The lowest BCUT2D eigenvalue weighted by atomic mass is 10.1. The van der Waals surface area contributed by atoms with E-state index in [1.54, 1.807) is 10.6 Å². The number of nitrogens with zero attached hydrogens (tertiary/aromatic N) is 4. The first kappa shape index (κ1) is 15.6. The van der Waals surface area contributed by atoms with Crippen LogP contribution in [0.3, 0.4) is 0 Å². The van der Waals surface area contributed by atoms with Gasteiger partial charge in [0.1, 0.15) is 11.5 Å². The molecule has 23 heavy (non-hydrogen) atoms. The van der Waals surface area contributed by atoms with Gasteiger partial charge in [-0.05, 0) is 12.1 Å². The first-order valence-electron chi connectivity index (χ1n) is 6.81. The molecule has 1 aromatic carbocycles. The molecule has 118 valence electrons. The highest BCUT2D eigenvalue weighted by Gasteiger charge is 2.12. The second kappa shape index (κ2) is 6.89. The lowest BCUT2D eigenvalue weighted by molar-refractivity contribution is 0.397. The normalized spacial score (nSPS) is 10.8. The van der Waals surface area contributed by atoms with Crippen LogP contribution in [0.15, 0.2) is 52.7 Å². The van der Waals surface area contributed by atoms with Crippen LogP contribution in [0.4, 0.5) is 5.95 Å². The van der Waals surface area contributed by atoms with E-state index in [1.165, 1.54) is 11.8 Å². The Bertz CT molecular complexity index is 812. The molecule has 3 rings (SSSR count). The number of nitrogen functional groups attached to an aromatic ring is 1. The highest BCUT2D eigenvalue weighted by Crippen LogP contribution is 2.26. The minimum atomic E-state index is 0.367. The minimum absolute atomic E-state index is 0.367. The minimum Gasteiger partial charge on any atom is -0.368 e. The molecule has 0 aliphatic heterocycles. The average molecular weight is 348 g/mol. The van der Waals surface area contributed by atoms with Gasteiger partial charge in [0.2, 0.25) is 5.95 Å². The molecule has 2 heterocycles. The molecule has 0 unspecified atom stereocenters. The van der Waals surface area contributed by atoms with Crippen LogP contribution < -0.4 is 5.73 Å². The van der Waals surface area contributed by atoms with Gasteiger partial charge < -0.3 is 10.3 Å². The van der Waals surface area contributed by atoms with Gasteiger partial charge in [-0.1, -0.05) is 46.7 Å². The fourth-order valence-corrected chi connectivity index (χ4v) is 2.94. The van der Waals surface area contributed by atoms with Gasteiger partial charge in [-0.25, -0.2) is 0 Å². The van der Waals surface area contributed by atoms with Gasteiger partial charge >= 0.3 is 0 Å². The number of rotatable bonds is 6. The van der Waals surface area contributed by atoms with Crippen molar-refractivity contribution in [3.05, 3.63) is 53.8 Å². The quantitative estimate of drug-likeness (QED) is 0.541. The molecule has 2 N–H and O–H groups in total. The molecule has 0 bridgehead atoms. The maximum Gasteiger partial charge on any atom is 0.222 e. The molecule has 0 amide bonds. The predicted octanol–water partition coefficient (Wildman–Crippen LogP) is 3.65. The molecule has 0 atom stereocenters. The third-order valence-electron chi connectivity index (χ3n) is 3.10. The number of anilines is 1. The van der Waals surface area contributed by atoms with Crippen molar-refractivity contribution >= 4 is 29.3 Å². The SMILES string of the molecule is C=CCn1c(N)nnc1SCc1cc(-c2ccc(Cl)cc2)no1. The number of nitrogens with two attached hydrogens (primary N) is 1. The molecular formula is C15H14ClN5OS. The van der Waals surface area contributed by atoms with Gasteiger partial charge in [0.15, 0.2) is 5.16 Å². The molecule has 0 saturated carbocycles. The van der Waals surface area contributed by atoms with Crippen LogP contribution >= 0.6 is 23.4 Å². The maximum atomic E-state index is 5.88. The number of aromatic nitrogens is 4. The van der Waals surface area contributed by atoms with E-state index in [0.717, 1.165) is 17.0 Å². The number of benzene rings is 1. The van der Waals surface area contributed by atoms with Crippen LogP contribution in [0.5, 0.6) is 0 Å². The largest absolute Gasteiger partial charge is 0.368 e. The molecule has 0 radical (unpaired) electrons. The van der Waals surface area contributed by atoms with Gasteiger partial charge in [-0.3, -0.25) is 4.57 Å². The zero-order valence-electron chi connectivity index (χ0n) is 12.1. The number of halogens is 1. The van der Waals surface area contributed by atoms with Crippen LogP contribution in [0.2, 0.25) is 5.02 Å². The summed E-state index contributed by atoms with van der Waals surface area (Å²) >= 11 is 7.36. The average Bonchev–Trinajstić information content (AvgIpc) is 3.15. The first-order valence-corrected chi connectivity index (χ1v) is 8.17. The van der Waals surface area contributed by atoms with E-state index in [9.17, 15) is 0 Å². The summed E-state index contributed by atoms with van der Waals surface area (Å²) in [5, 5.41) is 13.4. The summed E-state index contributed by atoms with van der Waals surface area (Å²) < 4.78 is 7.15. The van der Waals surface area contributed by atoms with Crippen molar-refractivity contribution in [1.29, 1.82) is 0 Å². The van der Waals surface area contributed by atoms with Crippen molar-refractivity contribution in [3.8, 4) is 11.3 Å². The van der Waals surface area contributed by atoms with E-state index in [4.69, 9.17) is 21.9 Å². The van der Waals surface area contributed by atoms with Crippen molar-refractivity contribution in [2.45, 2.75) is 17.5 Å². The van der Waals surface area contributed by atoms with E-state index in [1.807, 2.05) is 30.3 Å². The predicted molar refractivity (Wildman–Crippen MR) is 91.1 cm³/mol. The Balaban J connectivity index is 1.70.